The molecule has 0 aliphatic rings. The maximum absolute atomic E-state index is 13.6. The Hall–Kier alpha value is -2.61. The molecule has 0 spiro atoms. The molecule has 0 unspecified atom stereocenters. The highest BCUT2D eigenvalue weighted by molar-refractivity contribution is 5.76. The highest BCUT2D eigenvalue weighted by Gasteiger charge is 2.02. The van der Waals surface area contributed by atoms with Gasteiger partial charge in [-0.05, 0) is 24.8 Å². The molecule has 0 saturated carbocycles. The Morgan fingerprint density at radius 1 is 1.11 bits per heavy atom. The van der Waals surface area contributed by atoms with Crippen LogP contribution in [0.3, 0.4) is 0 Å². The third kappa shape index (κ3) is 28.2. The molecule has 0 aromatic carbocycles. The van der Waals surface area contributed by atoms with E-state index >= 15 is 0 Å². The van der Waals surface area contributed by atoms with Crippen LogP contribution in [0.1, 0.15) is 65.2 Å². The molecule has 0 bridgehead atoms. The van der Waals surface area contributed by atoms with Crippen molar-refractivity contribution in [3.05, 3.63) is 48.9 Å². The van der Waals surface area contributed by atoms with Crippen LogP contribution in [0.5, 0.6) is 0 Å². The Morgan fingerprint density at radius 2 is 1.68 bits per heavy atom. The molecule has 0 atom stereocenters. The molecule has 0 fully saturated rings. The zero-order valence-electron chi connectivity index (χ0n) is 17.5. The van der Waals surface area contributed by atoms with E-state index in [-0.39, 0.29) is 24.2 Å². The maximum Gasteiger partial charge on any atom is 0.220 e. The zero-order chi connectivity index (χ0) is 22.2. The number of unbranched alkanes of at least 4 members (excludes halogenated alkanes) is 4. The summed E-state index contributed by atoms with van der Waals surface area (Å²) in [7, 11) is 0. The van der Waals surface area contributed by atoms with Gasteiger partial charge in [0.1, 0.15) is 5.83 Å². The van der Waals surface area contributed by atoms with Crippen LogP contribution in [0.2, 0.25) is 0 Å². The van der Waals surface area contributed by atoms with Crippen molar-refractivity contribution in [2.45, 2.75) is 65.2 Å². The van der Waals surface area contributed by atoms with Gasteiger partial charge in [0, 0.05) is 13.3 Å². The molecule has 0 aromatic rings. The lowest BCUT2D eigenvalue weighted by molar-refractivity contribution is -0.121. The van der Waals surface area contributed by atoms with Gasteiger partial charge in [0.05, 0.1) is 6.54 Å². The number of hydrogen-bond donors (Lipinski definition) is 2. The average molecular weight is 393 g/mol. The highest BCUT2D eigenvalue weighted by Crippen LogP contribution is 2.09. The summed E-state index contributed by atoms with van der Waals surface area (Å²) in [6.45, 7) is 10.8. The van der Waals surface area contributed by atoms with E-state index in [0.717, 1.165) is 18.4 Å². The molecular weight excluding hydrogens is 355 g/mol. The minimum absolute atomic E-state index is 0.0115. The molecule has 0 rings (SSSR count). The van der Waals surface area contributed by atoms with Crippen molar-refractivity contribution in [3.8, 4) is 12.8 Å². The first-order valence-electron chi connectivity index (χ1n) is 9.51. The summed E-state index contributed by atoms with van der Waals surface area (Å²) in [6.07, 6.45) is 22.1. The van der Waals surface area contributed by atoms with Gasteiger partial charge in [-0.1, -0.05) is 70.1 Å². The fourth-order valence-corrected chi connectivity index (χ4v) is 2.03. The van der Waals surface area contributed by atoms with Crippen LogP contribution in [0.25, 0.3) is 0 Å². The number of carbonyl (C=O) groups is 2. The zero-order valence-corrected chi connectivity index (χ0v) is 17.5. The molecule has 158 valence electrons. The predicted molar refractivity (Wildman–Crippen MR) is 118 cm³/mol. The van der Waals surface area contributed by atoms with E-state index in [0.29, 0.717) is 19.3 Å². The Balaban J connectivity index is -0.000000916. The first-order chi connectivity index (χ1) is 13.4. The number of amides is 2. The minimum atomic E-state index is -0.333. The summed E-state index contributed by atoms with van der Waals surface area (Å²) in [4.78, 5) is 20.8. The van der Waals surface area contributed by atoms with E-state index < -0.39 is 0 Å². The van der Waals surface area contributed by atoms with Gasteiger partial charge in [-0.15, -0.1) is 12.8 Å². The number of nitrogens with one attached hydrogen (secondary N) is 1. The molecule has 0 radical (unpaired) electrons. The summed E-state index contributed by atoms with van der Waals surface area (Å²) in [5.74, 6) is -0.695. The van der Waals surface area contributed by atoms with Crippen molar-refractivity contribution in [2.75, 3.05) is 6.54 Å². The molecule has 0 heterocycles. The number of rotatable bonds is 13. The van der Waals surface area contributed by atoms with Crippen molar-refractivity contribution >= 4 is 11.8 Å². The van der Waals surface area contributed by atoms with Crippen molar-refractivity contribution in [2.24, 2.45) is 5.73 Å². The van der Waals surface area contributed by atoms with Crippen LogP contribution in [0.15, 0.2) is 48.9 Å². The van der Waals surface area contributed by atoms with Gasteiger partial charge in [-0.3, -0.25) is 9.59 Å². The normalized spacial score (nSPS) is 10.5. The molecule has 0 aliphatic carbocycles. The lowest BCUT2D eigenvalue weighted by Crippen LogP contribution is -2.24. The lowest BCUT2D eigenvalue weighted by atomic mass is 10.1. The van der Waals surface area contributed by atoms with E-state index in [1.165, 1.54) is 32.3 Å². The van der Waals surface area contributed by atoms with Crippen molar-refractivity contribution < 1.29 is 14.0 Å². The number of nitrogens with two attached hydrogens (primary N) is 1. The smallest absolute Gasteiger partial charge is 0.220 e. The number of primary amides is 1. The van der Waals surface area contributed by atoms with E-state index in [9.17, 15) is 14.0 Å². The largest absolute Gasteiger partial charge is 0.370 e. The van der Waals surface area contributed by atoms with Gasteiger partial charge in [-0.2, -0.15) is 0 Å². The predicted octanol–water partition coefficient (Wildman–Crippen LogP) is 5.14. The van der Waals surface area contributed by atoms with E-state index in [2.05, 4.69) is 44.0 Å². The van der Waals surface area contributed by atoms with Gasteiger partial charge in [0.15, 0.2) is 0 Å². The number of hydrogen-bond acceptors (Lipinski definition) is 2. The third-order valence-corrected chi connectivity index (χ3v) is 3.35. The first-order valence-corrected chi connectivity index (χ1v) is 9.51. The second-order valence-electron chi connectivity index (χ2n) is 5.92. The number of carbonyl (C=O) groups excluding carboxylic acids is 2. The van der Waals surface area contributed by atoms with Gasteiger partial charge in [-0.25, -0.2) is 4.39 Å². The third-order valence-electron chi connectivity index (χ3n) is 3.35. The summed E-state index contributed by atoms with van der Waals surface area (Å²) < 4.78 is 13.6. The number of terminal acetylenes is 1. The van der Waals surface area contributed by atoms with Crippen LogP contribution in [0.4, 0.5) is 4.39 Å². The van der Waals surface area contributed by atoms with Crippen LogP contribution in [-0.4, -0.2) is 18.4 Å². The summed E-state index contributed by atoms with van der Waals surface area (Å²) in [5.41, 5.74) is 5.50. The van der Waals surface area contributed by atoms with Gasteiger partial charge < -0.3 is 11.1 Å². The number of halogens is 1. The minimum Gasteiger partial charge on any atom is -0.370 e. The Morgan fingerprint density at radius 3 is 2.18 bits per heavy atom. The molecule has 4 nitrogen and oxygen atoms in total. The van der Waals surface area contributed by atoms with Crippen LogP contribution < -0.4 is 11.1 Å². The summed E-state index contributed by atoms with van der Waals surface area (Å²) >= 11 is 0. The number of allylic oxidation sites excluding steroid dienone is 5. The Labute approximate surface area is 170 Å². The molecule has 0 saturated heterocycles. The average Bonchev–Trinajstić information content (AvgIpc) is 2.66. The van der Waals surface area contributed by atoms with Gasteiger partial charge in [0.25, 0.3) is 0 Å². The maximum atomic E-state index is 13.6. The first kappa shape index (κ1) is 30.1. The second kappa shape index (κ2) is 24.4. The quantitative estimate of drug-likeness (QED) is 0.259. The van der Waals surface area contributed by atoms with Crippen molar-refractivity contribution in [3.63, 3.8) is 0 Å². The van der Waals surface area contributed by atoms with Crippen molar-refractivity contribution in [1.82, 2.24) is 5.32 Å². The van der Waals surface area contributed by atoms with Crippen LogP contribution >= 0.6 is 0 Å². The summed E-state index contributed by atoms with van der Waals surface area (Å²) in [6, 6.07) is 0. The fourth-order valence-electron chi connectivity index (χ4n) is 2.03. The van der Waals surface area contributed by atoms with E-state index in [1.54, 1.807) is 12.2 Å². The molecule has 28 heavy (non-hydrogen) atoms. The Kier molecular flexibility index (Phi) is 26.2. The molecular formula is C23H37FN2O2. The van der Waals surface area contributed by atoms with Gasteiger partial charge in [0.2, 0.25) is 11.8 Å². The standard InChI is InChI=1S/C19H30FNO.C2H5NO.C2H2/c1-4-7-8-9-10-15-19(22)21-16-18(20)14-11-13-17(6-3)12-5-2;1-2(3)4;1-2/h5-6,12,14H,2-4,7-11,13,15-16H2,1H3,(H,21,22);1H3,(H2,3,4);1-2H/b17-12+,18-14+;;. The van der Waals surface area contributed by atoms with Crippen LogP contribution in [-0.2, 0) is 9.59 Å². The molecule has 5 heteroatoms. The highest BCUT2D eigenvalue weighted by atomic mass is 19.1. The molecule has 3 N–H and O–H groups in total. The topological polar surface area (TPSA) is 72.2 Å². The van der Waals surface area contributed by atoms with Crippen molar-refractivity contribution in [1.29, 1.82) is 0 Å². The summed E-state index contributed by atoms with van der Waals surface area (Å²) in [5, 5.41) is 2.62. The van der Waals surface area contributed by atoms with E-state index in [1.807, 2.05) is 6.08 Å². The fraction of sp³-hybridized carbons (Fsp3) is 0.478. The molecule has 0 aliphatic heterocycles. The monoisotopic (exact) mass is 392 g/mol. The van der Waals surface area contributed by atoms with Gasteiger partial charge >= 0.3 is 0 Å². The SMILES string of the molecule is C#C.C=C/C=C(\C=C)CC/C=C(/F)CNC(=O)CCCCCCC.CC(N)=O. The lowest BCUT2D eigenvalue weighted by Gasteiger charge is -2.04. The second-order valence-corrected chi connectivity index (χ2v) is 5.92. The van der Waals surface area contributed by atoms with E-state index in [4.69, 9.17) is 0 Å². The molecule has 0 aromatic heterocycles. The van der Waals surface area contributed by atoms with Crippen LogP contribution in [0, 0.1) is 12.8 Å². The molecule has 2 amide bonds. The Bertz CT molecular complexity index is 516.